The van der Waals surface area contributed by atoms with Crippen molar-refractivity contribution in [1.82, 2.24) is 10.2 Å². The fraction of sp³-hybridized carbons (Fsp3) is 1.00. The van der Waals surface area contributed by atoms with E-state index in [2.05, 4.69) is 45.0 Å². The zero-order valence-electron chi connectivity index (χ0n) is 9.28. The molecule has 0 unspecified atom stereocenters. The van der Waals surface area contributed by atoms with Crippen molar-refractivity contribution in [3.8, 4) is 0 Å². The summed E-state index contributed by atoms with van der Waals surface area (Å²) in [6, 6.07) is 0. The van der Waals surface area contributed by atoms with E-state index in [-0.39, 0.29) is 0 Å². The number of hydrogen-bond acceptors (Lipinski definition) is 2. The second-order valence-electron chi connectivity index (χ2n) is 4.27. The molecule has 0 heterocycles. The lowest BCUT2D eigenvalue weighted by atomic mass is 9.93. The first-order valence-electron chi connectivity index (χ1n) is 4.91. The summed E-state index contributed by atoms with van der Waals surface area (Å²) in [7, 11) is 2.17. The van der Waals surface area contributed by atoms with Gasteiger partial charge in [0.2, 0.25) is 0 Å². The van der Waals surface area contributed by atoms with Gasteiger partial charge in [-0.05, 0) is 25.6 Å². The normalized spacial score (nSPS) is 12.5. The number of nitrogens with zero attached hydrogens (tertiary/aromatic N) is 1. The van der Waals surface area contributed by atoms with E-state index in [4.69, 9.17) is 0 Å². The fourth-order valence-corrected chi connectivity index (χ4v) is 1.36. The second-order valence-corrected chi connectivity index (χ2v) is 4.27. The quantitative estimate of drug-likeness (QED) is 0.654. The van der Waals surface area contributed by atoms with Crippen molar-refractivity contribution in [2.24, 2.45) is 5.41 Å². The van der Waals surface area contributed by atoms with Gasteiger partial charge in [-0.25, -0.2) is 0 Å². The predicted molar refractivity (Wildman–Crippen MR) is 55.5 cm³/mol. The molecule has 0 saturated heterocycles. The summed E-state index contributed by atoms with van der Waals surface area (Å²) in [4.78, 5) is 2.36. The molecule has 74 valence electrons. The third-order valence-electron chi connectivity index (χ3n) is 2.09. The lowest BCUT2D eigenvalue weighted by molar-refractivity contribution is 0.212. The molecular weight excluding hydrogens is 148 g/mol. The van der Waals surface area contributed by atoms with Crippen LogP contribution in [0.25, 0.3) is 0 Å². The van der Waals surface area contributed by atoms with Crippen LogP contribution in [0.4, 0.5) is 0 Å². The molecule has 0 rings (SSSR count). The SMILES string of the molecule is CCNCC(C)(C)CN(C)CC. The van der Waals surface area contributed by atoms with Gasteiger partial charge >= 0.3 is 0 Å². The highest BCUT2D eigenvalue weighted by Gasteiger charge is 2.18. The van der Waals surface area contributed by atoms with Gasteiger partial charge in [0, 0.05) is 13.1 Å². The van der Waals surface area contributed by atoms with Crippen LogP contribution in [0.1, 0.15) is 27.7 Å². The van der Waals surface area contributed by atoms with Gasteiger partial charge in [-0.3, -0.25) is 0 Å². The van der Waals surface area contributed by atoms with Crippen LogP contribution in [0.5, 0.6) is 0 Å². The van der Waals surface area contributed by atoms with E-state index in [1.54, 1.807) is 0 Å². The van der Waals surface area contributed by atoms with Crippen molar-refractivity contribution in [2.45, 2.75) is 27.7 Å². The van der Waals surface area contributed by atoms with Crippen LogP contribution in [0.15, 0.2) is 0 Å². The van der Waals surface area contributed by atoms with Gasteiger partial charge < -0.3 is 10.2 Å². The molecule has 0 fully saturated rings. The third kappa shape index (κ3) is 5.56. The van der Waals surface area contributed by atoms with Crippen molar-refractivity contribution in [1.29, 1.82) is 0 Å². The Morgan fingerprint density at radius 3 is 2.25 bits per heavy atom. The lowest BCUT2D eigenvalue weighted by Gasteiger charge is -2.29. The maximum atomic E-state index is 3.39. The van der Waals surface area contributed by atoms with Crippen LogP contribution in [-0.4, -0.2) is 38.1 Å². The highest BCUT2D eigenvalue weighted by molar-refractivity contribution is 4.74. The summed E-state index contributed by atoms with van der Waals surface area (Å²) in [5, 5.41) is 3.39. The number of nitrogens with one attached hydrogen (secondary N) is 1. The molecule has 0 aliphatic rings. The van der Waals surface area contributed by atoms with Crippen molar-refractivity contribution in [3.05, 3.63) is 0 Å². The molecule has 2 heteroatoms. The molecule has 2 nitrogen and oxygen atoms in total. The Labute approximate surface area is 77.3 Å². The number of hydrogen-bond donors (Lipinski definition) is 1. The Morgan fingerprint density at radius 2 is 1.83 bits per heavy atom. The van der Waals surface area contributed by atoms with Crippen molar-refractivity contribution < 1.29 is 0 Å². The molecule has 0 saturated carbocycles. The fourth-order valence-electron chi connectivity index (χ4n) is 1.36. The topological polar surface area (TPSA) is 15.3 Å². The van der Waals surface area contributed by atoms with E-state index >= 15 is 0 Å². The Balaban J connectivity index is 3.69. The predicted octanol–water partition coefficient (Wildman–Crippen LogP) is 1.57. The molecule has 0 spiro atoms. The summed E-state index contributed by atoms with van der Waals surface area (Å²) in [6.45, 7) is 13.4. The first kappa shape index (κ1) is 11.9. The van der Waals surface area contributed by atoms with Crippen molar-refractivity contribution in [2.75, 3.05) is 33.2 Å². The Bertz CT molecular complexity index is 110. The molecule has 0 aromatic carbocycles. The highest BCUT2D eigenvalue weighted by Crippen LogP contribution is 2.14. The summed E-state index contributed by atoms with van der Waals surface area (Å²) >= 11 is 0. The Kier molecular flexibility index (Phi) is 5.51. The molecule has 12 heavy (non-hydrogen) atoms. The summed E-state index contributed by atoms with van der Waals surface area (Å²) in [5.41, 5.74) is 0.390. The van der Waals surface area contributed by atoms with Crippen LogP contribution in [0.2, 0.25) is 0 Å². The van der Waals surface area contributed by atoms with E-state index in [0.29, 0.717) is 5.41 Å². The molecule has 0 aliphatic heterocycles. The zero-order valence-corrected chi connectivity index (χ0v) is 9.28. The van der Waals surface area contributed by atoms with Crippen LogP contribution in [0.3, 0.4) is 0 Å². The molecule has 0 aromatic heterocycles. The monoisotopic (exact) mass is 172 g/mol. The molecular formula is C10H24N2. The van der Waals surface area contributed by atoms with Crippen LogP contribution in [-0.2, 0) is 0 Å². The molecule has 1 N–H and O–H groups in total. The minimum Gasteiger partial charge on any atom is -0.316 e. The maximum absolute atomic E-state index is 3.39. The molecule has 0 radical (unpaired) electrons. The number of rotatable bonds is 6. The third-order valence-corrected chi connectivity index (χ3v) is 2.09. The first-order chi connectivity index (χ1) is 5.52. The van der Waals surface area contributed by atoms with Crippen LogP contribution >= 0.6 is 0 Å². The average molecular weight is 172 g/mol. The van der Waals surface area contributed by atoms with Crippen molar-refractivity contribution in [3.63, 3.8) is 0 Å². The van der Waals surface area contributed by atoms with Crippen molar-refractivity contribution >= 4 is 0 Å². The van der Waals surface area contributed by atoms with E-state index in [9.17, 15) is 0 Å². The smallest absolute Gasteiger partial charge is 0.00417 e. The molecule has 0 aromatic rings. The van der Waals surface area contributed by atoms with E-state index in [0.717, 1.165) is 26.2 Å². The first-order valence-corrected chi connectivity index (χ1v) is 4.91. The molecule has 0 atom stereocenters. The zero-order chi connectivity index (χ0) is 9.61. The average Bonchev–Trinajstić information content (AvgIpc) is 2.00. The summed E-state index contributed by atoms with van der Waals surface area (Å²) < 4.78 is 0. The van der Waals surface area contributed by atoms with Crippen LogP contribution in [0, 0.1) is 5.41 Å². The molecule has 0 aliphatic carbocycles. The summed E-state index contributed by atoms with van der Waals surface area (Å²) in [5.74, 6) is 0. The van der Waals surface area contributed by atoms with Gasteiger partial charge in [-0.2, -0.15) is 0 Å². The van der Waals surface area contributed by atoms with Gasteiger partial charge in [0.25, 0.3) is 0 Å². The van der Waals surface area contributed by atoms with Gasteiger partial charge in [-0.15, -0.1) is 0 Å². The standard InChI is InChI=1S/C10H24N2/c1-6-11-8-10(3,4)9-12(5)7-2/h11H,6-9H2,1-5H3. The lowest BCUT2D eigenvalue weighted by Crippen LogP contribution is -2.38. The second kappa shape index (κ2) is 5.55. The van der Waals surface area contributed by atoms with Gasteiger partial charge in [0.1, 0.15) is 0 Å². The summed E-state index contributed by atoms with van der Waals surface area (Å²) in [6.07, 6.45) is 0. The van der Waals surface area contributed by atoms with E-state index < -0.39 is 0 Å². The largest absolute Gasteiger partial charge is 0.316 e. The maximum Gasteiger partial charge on any atom is 0.00417 e. The van der Waals surface area contributed by atoms with Crippen LogP contribution < -0.4 is 5.32 Å². The van der Waals surface area contributed by atoms with Gasteiger partial charge in [0.15, 0.2) is 0 Å². The molecule has 0 bridgehead atoms. The Hall–Kier alpha value is -0.0800. The van der Waals surface area contributed by atoms with Gasteiger partial charge in [0.05, 0.1) is 0 Å². The van der Waals surface area contributed by atoms with Gasteiger partial charge in [-0.1, -0.05) is 27.7 Å². The highest BCUT2D eigenvalue weighted by atomic mass is 15.1. The minimum atomic E-state index is 0.390. The molecule has 0 amide bonds. The Morgan fingerprint density at radius 1 is 1.25 bits per heavy atom. The van der Waals surface area contributed by atoms with E-state index in [1.807, 2.05) is 0 Å². The van der Waals surface area contributed by atoms with E-state index in [1.165, 1.54) is 0 Å². The minimum absolute atomic E-state index is 0.390.